The molecule has 114 valence electrons. The van der Waals surface area contributed by atoms with Gasteiger partial charge >= 0.3 is 0 Å². The van der Waals surface area contributed by atoms with Crippen molar-refractivity contribution < 1.29 is 4.79 Å². The smallest absolute Gasteiger partial charge is 0.262 e. The maximum absolute atomic E-state index is 12.0. The normalized spacial score (nSPS) is 12.1. The van der Waals surface area contributed by atoms with Gasteiger partial charge in [0.1, 0.15) is 6.04 Å². The van der Waals surface area contributed by atoms with E-state index in [1.807, 2.05) is 56.3 Å². The molecule has 0 spiro atoms. The minimum atomic E-state index is -0.384. The molecule has 2 aromatic rings. The van der Waals surface area contributed by atoms with Crippen molar-refractivity contribution in [3.63, 3.8) is 0 Å². The molecule has 0 radical (unpaired) electrons. The largest absolute Gasteiger partial charge is 0.374 e. The Balaban J connectivity index is 1.87. The summed E-state index contributed by atoms with van der Waals surface area (Å²) in [4.78, 5) is 16.2. The zero-order chi connectivity index (χ0) is 15.9. The highest BCUT2D eigenvalue weighted by Crippen LogP contribution is 2.09. The van der Waals surface area contributed by atoms with Crippen LogP contribution in [0, 0.1) is 13.8 Å². The summed E-state index contributed by atoms with van der Waals surface area (Å²) >= 11 is 0. The van der Waals surface area contributed by atoms with Crippen LogP contribution < -0.4 is 10.7 Å². The second-order valence-electron chi connectivity index (χ2n) is 5.17. The zero-order valence-corrected chi connectivity index (χ0v) is 13.0. The van der Waals surface area contributed by atoms with Crippen molar-refractivity contribution in [2.45, 2.75) is 26.8 Å². The minimum Gasteiger partial charge on any atom is -0.374 e. The molecule has 1 aromatic heterocycles. The van der Waals surface area contributed by atoms with Gasteiger partial charge in [-0.3, -0.25) is 9.78 Å². The second-order valence-corrected chi connectivity index (χ2v) is 5.17. The number of rotatable bonds is 5. The van der Waals surface area contributed by atoms with Gasteiger partial charge in [0.2, 0.25) is 0 Å². The third-order valence-corrected chi connectivity index (χ3v) is 3.11. The maximum Gasteiger partial charge on any atom is 0.262 e. The number of amides is 1. The van der Waals surface area contributed by atoms with Crippen LogP contribution in [-0.2, 0) is 4.79 Å². The molecular weight excluding hydrogens is 276 g/mol. The van der Waals surface area contributed by atoms with Gasteiger partial charge in [-0.15, -0.1) is 0 Å². The van der Waals surface area contributed by atoms with E-state index >= 15 is 0 Å². The van der Waals surface area contributed by atoms with Gasteiger partial charge in [-0.25, -0.2) is 5.43 Å². The van der Waals surface area contributed by atoms with E-state index in [0.717, 1.165) is 11.4 Å². The summed E-state index contributed by atoms with van der Waals surface area (Å²) in [5.74, 6) is -0.204. The Morgan fingerprint density at radius 3 is 2.59 bits per heavy atom. The SMILES string of the molecule is Cc1ccc(NC(C)C(=O)N/N=C/c2cccc(C)n2)cc1. The van der Waals surface area contributed by atoms with Crippen molar-refractivity contribution in [1.29, 1.82) is 0 Å². The number of aryl methyl sites for hydroxylation is 2. The zero-order valence-electron chi connectivity index (χ0n) is 13.0. The molecule has 2 N–H and O–H groups in total. The lowest BCUT2D eigenvalue weighted by Crippen LogP contribution is -2.34. The molecule has 0 aliphatic heterocycles. The maximum atomic E-state index is 12.0. The van der Waals surface area contributed by atoms with E-state index < -0.39 is 0 Å². The summed E-state index contributed by atoms with van der Waals surface area (Å²) in [7, 11) is 0. The van der Waals surface area contributed by atoms with Crippen molar-refractivity contribution in [2.75, 3.05) is 5.32 Å². The van der Waals surface area contributed by atoms with Gasteiger partial charge in [0.25, 0.3) is 5.91 Å². The summed E-state index contributed by atoms with van der Waals surface area (Å²) in [5, 5.41) is 7.06. The average Bonchev–Trinajstić information content (AvgIpc) is 2.49. The predicted molar refractivity (Wildman–Crippen MR) is 89.0 cm³/mol. The van der Waals surface area contributed by atoms with Crippen LogP contribution in [0.1, 0.15) is 23.9 Å². The fraction of sp³-hybridized carbons (Fsp3) is 0.235. The average molecular weight is 296 g/mol. The highest BCUT2D eigenvalue weighted by Gasteiger charge is 2.11. The van der Waals surface area contributed by atoms with E-state index in [1.165, 1.54) is 11.8 Å². The fourth-order valence-electron chi connectivity index (χ4n) is 1.86. The van der Waals surface area contributed by atoms with Crippen LogP contribution >= 0.6 is 0 Å². The minimum absolute atomic E-state index is 0.204. The topological polar surface area (TPSA) is 66.4 Å². The Morgan fingerprint density at radius 2 is 1.91 bits per heavy atom. The monoisotopic (exact) mass is 296 g/mol. The Morgan fingerprint density at radius 1 is 1.18 bits per heavy atom. The summed E-state index contributed by atoms with van der Waals surface area (Å²) < 4.78 is 0. The highest BCUT2D eigenvalue weighted by atomic mass is 16.2. The molecule has 0 saturated heterocycles. The quantitative estimate of drug-likeness (QED) is 0.658. The van der Waals surface area contributed by atoms with Crippen molar-refractivity contribution in [3.8, 4) is 0 Å². The number of hydrazone groups is 1. The van der Waals surface area contributed by atoms with Crippen molar-refractivity contribution in [3.05, 3.63) is 59.4 Å². The number of aromatic nitrogens is 1. The van der Waals surface area contributed by atoms with E-state index in [1.54, 1.807) is 6.92 Å². The lowest BCUT2D eigenvalue weighted by atomic mass is 10.2. The molecule has 1 heterocycles. The first-order valence-corrected chi connectivity index (χ1v) is 7.14. The summed E-state index contributed by atoms with van der Waals surface area (Å²) in [6.45, 7) is 5.72. The lowest BCUT2D eigenvalue weighted by Gasteiger charge is -2.13. The lowest BCUT2D eigenvalue weighted by molar-refractivity contribution is -0.121. The molecule has 0 aliphatic rings. The van der Waals surface area contributed by atoms with E-state index in [9.17, 15) is 4.79 Å². The molecule has 0 fully saturated rings. The number of hydrogen-bond acceptors (Lipinski definition) is 4. The van der Waals surface area contributed by atoms with Crippen molar-refractivity contribution in [2.24, 2.45) is 5.10 Å². The van der Waals surface area contributed by atoms with Crippen LogP contribution in [0.2, 0.25) is 0 Å². The van der Waals surface area contributed by atoms with E-state index in [-0.39, 0.29) is 11.9 Å². The molecule has 5 nitrogen and oxygen atoms in total. The number of carbonyl (C=O) groups excluding carboxylic acids is 1. The number of nitrogens with one attached hydrogen (secondary N) is 2. The van der Waals surface area contributed by atoms with Gasteiger partial charge in [-0.05, 0) is 45.0 Å². The Kier molecular flexibility index (Phi) is 5.25. The van der Waals surface area contributed by atoms with Crippen LogP contribution in [0.15, 0.2) is 47.6 Å². The van der Waals surface area contributed by atoms with Crippen molar-refractivity contribution >= 4 is 17.8 Å². The standard InChI is InChI=1S/C17H20N4O/c1-12-7-9-15(10-8-12)20-14(3)17(22)21-18-11-16-6-4-5-13(2)19-16/h4-11,14,20H,1-3H3,(H,21,22)/b18-11+. The van der Waals surface area contributed by atoms with Gasteiger partial charge in [0.15, 0.2) is 0 Å². The summed E-state index contributed by atoms with van der Waals surface area (Å²) in [6, 6.07) is 13.1. The first-order valence-electron chi connectivity index (χ1n) is 7.14. The van der Waals surface area contributed by atoms with E-state index in [0.29, 0.717) is 5.69 Å². The van der Waals surface area contributed by atoms with Crippen LogP contribution in [0.25, 0.3) is 0 Å². The van der Waals surface area contributed by atoms with Crippen LogP contribution in [0.3, 0.4) is 0 Å². The summed E-state index contributed by atoms with van der Waals surface area (Å²) in [5.41, 5.74) is 6.20. The summed E-state index contributed by atoms with van der Waals surface area (Å²) in [6.07, 6.45) is 1.53. The highest BCUT2D eigenvalue weighted by molar-refractivity contribution is 5.85. The van der Waals surface area contributed by atoms with Gasteiger partial charge in [-0.2, -0.15) is 5.10 Å². The third-order valence-electron chi connectivity index (χ3n) is 3.11. The number of benzene rings is 1. The number of carbonyl (C=O) groups is 1. The molecule has 1 unspecified atom stereocenters. The van der Waals surface area contributed by atoms with Gasteiger partial charge in [0.05, 0.1) is 11.9 Å². The van der Waals surface area contributed by atoms with E-state index in [4.69, 9.17) is 0 Å². The first-order chi connectivity index (χ1) is 10.5. The van der Waals surface area contributed by atoms with Crippen LogP contribution in [0.5, 0.6) is 0 Å². The van der Waals surface area contributed by atoms with Gasteiger partial charge < -0.3 is 5.32 Å². The fourth-order valence-corrected chi connectivity index (χ4v) is 1.86. The molecule has 1 amide bonds. The van der Waals surface area contributed by atoms with Gasteiger partial charge in [0, 0.05) is 11.4 Å². The van der Waals surface area contributed by atoms with Gasteiger partial charge in [-0.1, -0.05) is 23.8 Å². The number of anilines is 1. The molecule has 22 heavy (non-hydrogen) atoms. The molecule has 0 saturated carbocycles. The Bertz CT molecular complexity index is 665. The Labute approximate surface area is 130 Å². The van der Waals surface area contributed by atoms with E-state index in [2.05, 4.69) is 20.8 Å². The number of nitrogens with zero attached hydrogens (tertiary/aromatic N) is 2. The second kappa shape index (κ2) is 7.36. The molecule has 0 aliphatic carbocycles. The third kappa shape index (κ3) is 4.70. The molecule has 0 bridgehead atoms. The molecular formula is C17H20N4O. The molecule has 5 heteroatoms. The van der Waals surface area contributed by atoms with Crippen LogP contribution in [-0.4, -0.2) is 23.1 Å². The Hall–Kier alpha value is -2.69. The molecule has 1 atom stereocenters. The van der Waals surface area contributed by atoms with Crippen molar-refractivity contribution in [1.82, 2.24) is 10.4 Å². The number of hydrogen-bond donors (Lipinski definition) is 2. The predicted octanol–water partition coefficient (Wildman–Crippen LogP) is 2.65. The van der Waals surface area contributed by atoms with Crippen LogP contribution in [0.4, 0.5) is 5.69 Å². The number of pyridine rings is 1. The molecule has 1 aromatic carbocycles. The first kappa shape index (κ1) is 15.7. The molecule has 2 rings (SSSR count).